The monoisotopic (exact) mass is 269 g/mol. The Bertz CT molecular complexity index is 639. The van der Waals surface area contributed by atoms with Crippen LogP contribution in [0.4, 0.5) is 5.69 Å². The van der Waals surface area contributed by atoms with E-state index in [4.69, 9.17) is 4.74 Å². The molecular weight excluding hydrogens is 254 g/mol. The molecule has 4 heteroatoms. The van der Waals surface area contributed by atoms with Crippen molar-refractivity contribution in [2.24, 2.45) is 0 Å². The van der Waals surface area contributed by atoms with E-state index in [2.05, 4.69) is 11.4 Å². The molecule has 1 heterocycles. The summed E-state index contributed by atoms with van der Waals surface area (Å²) in [7, 11) is 0. The van der Waals surface area contributed by atoms with Gasteiger partial charge in [-0.05, 0) is 23.3 Å². The molecule has 0 aromatic heterocycles. The van der Waals surface area contributed by atoms with Gasteiger partial charge < -0.3 is 15.2 Å². The molecular formula is C16H15NO3. The smallest absolute Gasteiger partial charge is 0.337 e. The van der Waals surface area contributed by atoms with Crippen LogP contribution in [0.2, 0.25) is 0 Å². The predicted octanol–water partition coefficient (Wildman–Crippen LogP) is 3.07. The summed E-state index contributed by atoms with van der Waals surface area (Å²) in [5, 5.41) is 12.5. The van der Waals surface area contributed by atoms with E-state index in [9.17, 15) is 9.90 Å². The molecule has 2 aromatic carbocycles. The first-order chi connectivity index (χ1) is 9.75. The van der Waals surface area contributed by atoms with Crippen LogP contribution < -0.4 is 5.32 Å². The Morgan fingerprint density at radius 3 is 2.75 bits per heavy atom. The fraction of sp³-hybridized carbons (Fsp3) is 0.188. The Hall–Kier alpha value is -2.33. The van der Waals surface area contributed by atoms with Gasteiger partial charge in [-0.2, -0.15) is 0 Å². The summed E-state index contributed by atoms with van der Waals surface area (Å²) in [6.07, 6.45) is 0. The van der Waals surface area contributed by atoms with Crippen molar-refractivity contribution in [3.8, 4) is 0 Å². The fourth-order valence-electron chi connectivity index (χ4n) is 2.48. The van der Waals surface area contributed by atoms with Gasteiger partial charge in [0.25, 0.3) is 0 Å². The lowest BCUT2D eigenvalue weighted by Gasteiger charge is -2.27. The summed E-state index contributed by atoms with van der Waals surface area (Å²) < 4.78 is 5.57. The van der Waals surface area contributed by atoms with E-state index >= 15 is 0 Å². The average molecular weight is 269 g/mol. The van der Waals surface area contributed by atoms with Crippen LogP contribution in [0.3, 0.4) is 0 Å². The van der Waals surface area contributed by atoms with Crippen molar-refractivity contribution in [3.63, 3.8) is 0 Å². The highest BCUT2D eigenvalue weighted by Gasteiger charge is 2.21. The lowest BCUT2D eigenvalue weighted by atomic mass is 9.98. The van der Waals surface area contributed by atoms with Gasteiger partial charge >= 0.3 is 5.97 Å². The number of para-hydroxylation sites is 1. The first-order valence-corrected chi connectivity index (χ1v) is 6.50. The summed E-state index contributed by atoms with van der Waals surface area (Å²) in [6, 6.07) is 15.0. The molecule has 0 aliphatic carbocycles. The number of hydrogen-bond donors (Lipinski definition) is 2. The maximum atomic E-state index is 11.2. The molecule has 0 saturated carbocycles. The van der Waals surface area contributed by atoms with Gasteiger partial charge in [-0.25, -0.2) is 4.79 Å². The average Bonchev–Trinajstić information content (AvgIpc) is 2.48. The Labute approximate surface area is 117 Å². The van der Waals surface area contributed by atoms with Crippen LogP contribution in [0.5, 0.6) is 0 Å². The second-order valence-electron chi connectivity index (χ2n) is 4.76. The largest absolute Gasteiger partial charge is 0.478 e. The number of nitrogens with one attached hydrogen (secondary N) is 1. The van der Waals surface area contributed by atoms with Gasteiger partial charge in [0.15, 0.2) is 0 Å². The van der Waals surface area contributed by atoms with Crippen LogP contribution in [0.1, 0.15) is 27.5 Å². The molecule has 2 aromatic rings. The minimum Gasteiger partial charge on any atom is -0.478 e. The minimum atomic E-state index is -0.932. The highest BCUT2D eigenvalue weighted by atomic mass is 16.5. The van der Waals surface area contributed by atoms with Crippen molar-refractivity contribution < 1.29 is 14.6 Å². The van der Waals surface area contributed by atoms with E-state index in [1.807, 2.05) is 24.3 Å². The lowest BCUT2D eigenvalue weighted by molar-refractivity contribution is 0.0697. The van der Waals surface area contributed by atoms with Gasteiger partial charge in [0.2, 0.25) is 0 Å². The summed E-state index contributed by atoms with van der Waals surface area (Å²) in [6.45, 7) is 1.14. The molecule has 1 atom stereocenters. The van der Waals surface area contributed by atoms with Crippen LogP contribution in [0.15, 0.2) is 48.5 Å². The fourth-order valence-corrected chi connectivity index (χ4v) is 2.48. The lowest BCUT2D eigenvalue weighted by Crippen LogP contribution is -2.24. The molecule has 20 heavy (non-hydrogen) atoms. The van der Waals surface area contributed by atoms with E-state index in [0.29, 0.717) is 18.9 Å². The van der Waals surface area contributed by atoms with Gasteiger partial charge in [-0.1, -0.05) is 36.4 Å². The number of carboxylic acids is 1. The maximum Gasteiger partial charge on any atom is 0.337 e. The number of anilines is 1. The standard InChI is InChI=1S/C16H15NO3/c18-16(19)13-7-3-4-8-14(13)17-15-10-20-9-11-5-1-2-6-12(11)15/h1-8,15,17H,9-10H2,(H,18,19). The van der Waals surface area contributed by atoms with Crippen LogP contribution in [0.25, 0.3) is 0 Å². The Kier molecular flexibility index (Phi) is 3.39. The molecule has 0 bridgehead atoms. The number of hydrogen-bond acceptors (Lipinski definition) is 3. The maximum absolute atomic E-state index is 11.2. The zero-order chi connectivity index (χ0) is 13.9. The first-order valence-electron chi connectivity index (χ1n) is 6.50. The quantitative estimate of drug-likeness (QED) is 0.899. The van der Waals surface area contributed by atoms with Crippen LogP contribution in [-0.2, 0) is 11.3 Å². The topological polar surface area (TPSA) is 58.6 Å². The Morgan fingerprint density at radius 1 is 1.15 bits per heavy atom. The van der Waals surface area contributed by atoms with Crippen LogP contribution in [-0.4, -0.2) is 17.7 Å². The number of rotatable bonds is 3. The van der Waals surface area contributed by atoms with Gasteiger partial charge in [0.1, 0.15) is 0 Å². The molecule has 1 unspecified atom stereocenters. The summed E-state index contributed by atoms with van der Waals surface area (Å²) in [4.78, 5) is 11.2. The van der Waals surface area contributed by atoms with Gasteiger partial charge in [0.05, 0.1) is 24.8 Å². The van der Waals surface area contributed by atoms with Gasteiger partial charge in [-0.15, -0.1) is 0 Å². The van der Waals surface area contributed by atoms with Crippen molar-refractivity contribution in [1.29, 1.82) is 0 Å². The van der Waals surface area contributed by atoms with Crippen molar-refractivity contribution in [1.82, 2.24) is 0 Å². The van der Waals surface area contributed by atoms with E-state index < -0.39 is 5.97 Å². The highest BCUT2D eigenvalue weighted by Crippen LogP contribution is 2.29. The number of ether oxygens (including phenoxy) is 1. The normalized spacial score (nSPS) is 17.3. The molecule has 0 spiro atoms. The van der Waals surface area contributed by atoms with E-state index in [0.717, 1.165) is 5.56 Å². The molecule has 0 fully saturated rings. The van der Waals surface area contributed by atoms with E-state index in [1.54, 1.807) is 18.2 Å². The number of carbonyl (C=O) groups is 1. The second kappa shape index (κ2) is 5.35. The van der Waals surface area contributed by atoms with Crippen molar-refractivity contribution in [2.45, 2.75) is 12.6 Å². The molecule has 3 rings (SSSR count). The summed E-state index contributed by atoms with van der Waals surface area (Å²) in [5.41, 5.74) is 3.20. The minimum absolute atomic E-state index is 0.0274. The molecule has 4 nitrogen and oxygen atoms in total. The molecule has 1 aliphatic heterocycles. The molecule has 0 radical (unpaired) electrons. The molecule has 0 saturated heterocycles. The molecule has 0 amide bonds. The number of fused-ring (bicyclic) bond motifs is 1. The highest BCUT2D eigenvalue weighted by molar-refractivity contribution is 5.94. The second-order valence-corrected chi connectivity index (χ2v) is 4.76. The SMILES string of the molecule is O=C(O)c1ccccc1NC1COCc2ccccc21. The third-order valence-corrected chi connectivity index (χ3v) is 3.46. The Morgan fingerprint density at radius 2 is 1.90 bits per heavy atom. The van der Waals surface area contributed by atoms with Crippen molar-refractivity contribution >= 4 is 11.7 Å². The van der Waals surface area contributed by atoms with Crippen molar-refractivity contribution in [3.05, 3.63) is 65.2 Å². The third kappa shape index (κ3) is 2.38. The molecule has 102 valence electrons. The zero-order valence-electron chi connectivity index (χ0n) is 10.9. The van der Waals surface area contributed by atoms with Crippen LogP contribution in [0, 0.1) is 0 Å². The summed E-state index contributed by atoms with van der Waals surface area (Å²) >= 11 is 0. The van der Waals surface area contributed by atoms with Gasteiger partial charge in [-0.3, -0.25) is 0 Å². The number of benzene rings is 2. The molecule has 1 aliphatic rings. The number of carboxylic acid groups (broad SMARTS) is 1. The first kappa shape index (κ1) is 12.7. The number of aromatic carboxylic acids is 1. The van der Waals surface area contributed by atoms with E-state index in [-0.39, 0.29) is 11.6 Å². The zero-order valence-corrected chi connectivity index (χ0v) is 10.9. The Balaban J connectivity index is 1.92. The van der Waals surface area contributed by atoms with Crippen molar-refractivity contribution in [2.75, 3.05) is 11.9 Å². The third-order valence-electron chi connectivity index (χ3n) is 3.46. The summed E-state index contributed by atoms with van der Waals surface area (Å²) in [5.74, 6) is -0.932. The van der Waals surface area contributed by atoms with Crippen LogP contribution >= 0.6 is 0 Å². The molecule has 2 N–H and O–H groups in total. The van der Waals surface area contributed by atoms with E-state index in [1.165, 1.54) is 5.56 Å². The predicted molar refractivity (Wildman–Crippen MR) is 75.9 cm³/mol. The van der Waals surface area contributed by atoms with Gasteiger partial charge in [0, 0.05) is 5.69 Å².